The number of benzene rings is 1. The Morgan fingerprint density at radius 2 is 2.32 bits per heavy atom. The number of aliphatic carboxylic acids is 1. The van der Waals surface area contributed by atoms with E-state index in [0.29, 0.717) is 27.5 Å². The summed E-state index contributed by atoms with van der Waals surface area (Å²) < 4.78 is 18.4. The van der Waals surface area contributed by atoms with Gasteiger partial charge >= 0.3 is 5.97 Å². The average Bonchev–Trinajstić information content (AvgIpc) is 2.81. The lowest BCUT2D eigenvalue weighted by molar-refractivity contribution is -0.133. The van der Waals surface area contributed by atoms with Crippen LogP contribution in [0.15, 0.2) is 27.2 Å². The Balaban J connectivity index is 2.07. The highest BCUT2D eigenvalue weighted by atomic mass is 79.9. The number of rotatable bonds is 5. The molecule has 1 aromatic carbocycles. The molecule has 0 unspecified atom stereocenters. The van der Waals surface area contributed by atoms with Crippen LogP contribution in [0.5, 0.6) is 0 Å². The molecule has 19 heavy (non-hydrogen) atoms. The fraction of sp³-hybridized carbons (Fsp3) is 0.182. The number of hydrogen-bond donors (Lipinski definition) is 1. The summed E-state index contributed by atoms with van der Waals surface area (Å²) in [6.45, 7) is 0. The van der Waals surface area contributed by atoms with E-state index in [0.717, 1.165) is 11.8 Å². The Labute approximate surface area is 120 Å². The topological polar surface area (TPSA) is 76.2 Å². The molecule has 0 amide bonds. The van der Waals surface area contributed by atoms with E-state index in [2.05, 4.69) is 26.1 Å². The molecule has 1 heterocycles. The highest BCUT2D eigenvalue weighted by Crippen LogP contribution is 2.23. The summed E-state index contributed by atoms with van der Waals surface area (Å²) in [5.41, 5.74) is 0.617. The minimum atomic E-state index is -0.896. The minimum Gasteiger partial charge on any atom is -0.481 e. The summed E-state index contributed by atoms with van der Waals surface area (Å²) in [6.07, 6.45) is 0. The van der Waals surface area contributed by atoms with Crippen molar-refractivity contribution >= 4 is 33.7 Å². The van der Waals surface area contributed by atoms with Gasteiger partial charge in [-0.05, 0) is 34.1 Å². The van der Waals surface area contributed by atoms with E-state index in [1.54, 1.807) is 12.1 Å². The zero-order chi connectivity index (χ0) is 13.8. The van der Waals surface area contributed by atoms with Crippen LogP contribution >= 0.6 is 27.7 Å². The normalized spacial score (nSPS) is 10.6. The van der Waals surface area contributed by atoms with Crippen molar-refractivity contribution in [1.82, 2.24) is 10.1 Å². The predicted octanol–water partition coefficient (Wildman–Crippen LogP) is 2.96. The van der Waals surface area contributed by atoms with Gasteiger partial charge in [-0.3, -0.25) is 4.79 Å². The maximum Gasteiger partial charge on any atom is 0.313 e. The molecule has 2 aromatic rings. The van der Waals surface area contributed by atoms with Crippen LogP contribution in [-0.4, -0.2) is 27.0 Å². The van der Waals surface area contributed by atoms with Crippen LogP contribution in [0.1, 0.15) is 5.89 Å². The Kier molecular flexibility index (Phi) is 4.54. The number of halogens is 2. The van der Waals surface area contributed by atoms with Crippen molar-refractivity contribution in [2.24, 2.45) is 0 Å². The van der Waals surface area contributed by atoms with Gasteiger partial charge in [0.2, 0.25) is 11.7 Å². The maximum absolute atomic E-state index is 13.1. The van der Waals surface area contributed by atoms with Crippen molar-refractivity contribution < 1.29 is 18.8 Å². The molecule has 0 fully saturated rings. The molecule has 8 heteroatoms. The largest absolute Gasteiger partial charge is 0.481 e. The SMILES string of the molecule is O=C(O)CSCc1nc(-c2ccc(F)c(Br)c2)no1. The highest BCUT2D eigenvalue weighted by molar-refractivity contribution is 9.10. The molecule has 100 valence electrons. The fourth-order valence-electron chi connectivity index (χ4n) is 1.29. The Morgan fingerprint density at radius 3 is 3.00 bits per heavy atom. The number of hydrogen-bond acceptors (Lipinski definition) is 5. The van der Waals surface area contributed by atoms with Gasteiger partial charge in [0, 0.05) is 5.56 Å². The summed E-state index contributed by atoms with van der Waals surface area (Å²) in [7, 11) is 0. The summed E-state index contributed by atoms with van der Waals surface area (Å²) in [6, 6.07) is 4.39. The first-order valence-electron chi connectivity index (χ1n) is 5.14. The van der Waals surface area contributed by atoms with Gasteiger partial charge in [0.15, 0.2) is 0 Å². The Hall–Kier alpha value is -1.41. The standard InChI is InChI=1S/C11H8BrFN2O3S/c12-7-3-6(1-2-8(7)13)11-14-9(18-15-11)4-19-5-10(16)17/h1-3H,4-5H2,(H,16,17). The fourth-order valence-corrected chi connectivity index (χ4v) is 2.24. The Morgan fingerprint density at radius 1 is 1.53 bits per heavy atom. The molecule has 0 spiro atoms. The van der Waals surface area contributed by atoms with Gasteiger partial charge < -0.3 is 9.63 Å². The van der Waals surface area contributed by atoms with Crippen molar-refractivity contribution in [2.75, 3.05) is 5.75 Å². The lowest BCUT2D eigenvalue weighted by Crippen LogP contribution is -1.98. The second-order valence-corrected chi connectivity index (χ2v) is 5.37. The molecule has 0 aliphatic carbocycles. The zero-order valence-electron chi connectivity index (χ0n) is 9.47. The minimum absolute atomic E-state index is 0.0280. The molecule has 0 radical (unpaired) electrons. The molecule has 0 aliphatic rings. The number of thioether (sulfide) groups is 1. The van der Waals surface area contributed by atoms with Crippen molar-refractivity contribution in [1.29, 1.82) is 0 Å². The molecule has 1 aromatic heterocycles. The smallest absolute Gasteiger partial charge is 0.313 e. The summed E-state index contributed by atoms with van der Waals surface area (Å²) in [4.78, 5) is 14.5. The predicted molar refractivity (Wildman–Crippen MR) is 71.2 cm³/mol. The Bertz CT molecular complexity index is 605. The van der Waals surface area contributed by atoms with Crippen LogP contribution < -0.4 is 0 Å². The van der Waals surface area contributed by atoms with E-state index in [1.165, 1.54) is 6.07 Å². The number of aromatic nitrogens is 2. The second-order valence-electron chi connectivity index (χ2n) is 3.53. The van der Waals surface area contributed by atoms with Gasteiger partial charge in [-0.1, -0.05) is 5.16 Å². The van der Waals surface area contributed by atoms with Crippen LogP contribution in [-0.2, 0) is 10.5 Å². The quantitative estimate of drug-likeness (QED) is 0.896. The van der Waals surface area contributed by atoms with Gasteiger partial charge in [0.25, 0.3) is 0 Å². The molecular formula is C11H8BrFN2O3S. The van der Waals surface area contributed by atoms with Gasteiger partial charge in [-0.25, -0.2) is 4.39 Å². The number of nitrogens with zero attached hydrogens (tertiary/aromatic N) is 2. The number of carbonyl (C=O) groups is 1. The van der Waals surface area contributed by atoms with Crippen LogP contribution in [0, 0.1) is 5.82 Å². The summed E-state index contributed by atoms with van der Waals surface area (Å²) >= 11 is 4.24. The van der Waals surface area contributed by atoms with E-state index in [9.17, 15) is 9.18 Å². The van der Waals surface area contributed by atoms with E-state index in [4.69, 9.17) is 9.63 Å². The third-order valence-electron chi connectivity index (χ3n) is 2.10. The van der Waals surface area contributed by atoms with Gasteiger partial charge in [-0.15, -0.1) is 11.8 Å². The zero-order valence-corrected chi connectivity index (χ0v) is 11.9. The maximum atomic E-state index is 13.1. The van der Waals surface area contributed by atoms with Crippen molar-refractivity contribution in [3.8, 4) is 11.4 Å². The van der Waals surface area contributed by atoms with Crippen LogP contribution in [0.3, 0.4) is 0 Å². The van der Waals surface area contributed by atoms with Crippen molar-refractivity contribution in [3.63, 3.8) is 0 Å². The first kappa shape index (κ1) is 14.0. The second kappa shape index (κ2) is 6.16. The molecule has 2 rings (SSSR count). The molecule has 0 bridgehead atoms. The van der Waals surface area contributed by atoms with E-state index in [1.807, 2.05) is 0 Å². The van der Waals surface area contributed by atoms with Crippen LogP contribution in [0.25, 0.3) is 11.4 Å². The molecule has 1 N–H and O–H groups in total. The number of carboxylic acid groups (broad SMARTS) is 1. The third kappa shape index (κ3) is 3.77. The van der Waals surface area contributed by atoms with Gasteiger partial charge in [0.1, 0.15) is 5.82 Å². The lowest BCUT2D eigenvalue weighted by Gasteiger charge is -1.96. The lowest BCUT2D eigenvalue weighted by atomic mass is 10.2. The molecular weight excluding hydrogens is 339 g/mol. The molecule has 5 nitrogen and oxygen atoms in total. The molecule has 0 saturated heterocycles. The molecule has 0 aliphatic heterocycles. The number of carboxylic acids is 1. The van der Waals surface area contributed by atoms with E-state index < -0.39 is 5.97 Å². The summed E-state index contributed by atoms with van der Waals surface area (Å²) in [5, 5.41) is 12.3. The van der Waals surface area contributed by atoms with Crippen molar-refractivity contribution in [2.45, 2.75) is 5.75 Å². The summed E-state index contributed by atoms with van der Waals surface area (Å²) in [5.74, 6) is -0.299. The van der Waals surface area contributed by atoms with E-state index >= 15 is 0 Å². The highest BCUT2D eigenvalue weighted by Gasteiger charge is 2.11. The molecule has 0 saturated carbocycles. The van der Waals surface area contributed by atoms with E-state index in [-0.39, 0.29) is 11.6 Å². The third-order valence-corrected chi connectivity index (χ3v) is 3.61. The van der Waals surface area contributed by atoms with Crippen molar-refractivity contribution in [3.05, 3.63) is 34.4 Å². The molecule has 0 atom stereocenters. The average molecular weight is 347 g/mol. The van der Waals surface area contributed by atoms with Gasteiger partial charge in [0.05, 0.1) is 16.0 Å². The first-order valence-corrected chi connectivity index (χ1v) is 7.08. The monoisotopic (exact) mass is 346 g/mol. The van der Waals surface area contributed by atoms with Crippen LogP contribution in [0.4, 0.5) is 4.39 Å². The van der Waals surface area contributed by atoms with Crippen LogP contribution in [0.2, 0.25) is 0 Å². The first-order chi connectivity index (χ1) is 9.06. The van der Waals surface area contributed by atoms with Gasteiger partial charge in [-0.2, -0.15) is 4.98 Å².